The molecule has 0 spiro atoms. The second-order valence-corrected chi connectivity index (χ2v) is 2.47. The van der Waals surface area contributed by atoms with Crippen molar-refractivity contribution in [1.29, 1.82) is 5.26 Å². The van der Waals surface area contributed by atoms with Crippen molar-refractivity contribution in [1.82, 2.24) is 4.98 Å². The second-order valence-electron chi connectivity index (χ2n) is 2.47. The molecular formula is C8H6F3N3. The number of nitrogens with two attached hydrogens (primary N) is 1. The first-order valence-corrected chi connectivity index (χ1v) is 3.67. The van der Waals surface area contributed by atoms with Crippen LogP contribution in [0.15, 0.2) is 6.07 Å². The lowest BCUT2D eigenvalue weighted by molar-refractivity contribution is 0.150. The van der Waals surface area contributed by atoms with Crippen LogP contribution in [0.1, 0.15) is 23.2 Å². The molecule has 14 heavy (non-hydrogen) atoms. The molecule has 0 unspecified atom stereocenters. The van der Waals surface area contributed by atoms with Gasteiger partial charge in [-0.2, -0.15) is 9.65 Å². The Morgan fingerprint density at radius 3 is 2.64 bits per heavy atom. The lowest BCUT2D eigenvalue weighted by Gasteiger charge is -2.06. The molecule has 0 amide bonds. The van der Waals surface area contributed by atoms with E-state index >= 15 is 0 Å². The van der Waals surface area contributed by atoms with E-state index in [-0.39, 0.29) is 17.8 Å². The zero-order valence-corrected chi connectivity index (χ0v) is 6.97. The van der Waals surface area contributed by atoms with Crippen LogP contribution >= 0.6 is 0 Å². The van der Waals surface area contributed by atoms with Gasteiger partial charge in [-0.25, -0.2) is 13.8 Å². The summed E-state index contributed by atoms with van der Waals surface area (Å²) in [7, 11) is 0. The van der Waals surface area contributed by atoms with Gasteiger partial charge in [0.1, 0.15) is 6.07 Å². The summed E-state index contributed by atoms with van der Waals surface area (Å²) in [4.78, 5) is 3.26. The molecule has 1 aromatic rings. The average Bonchev–Trinajstić information content (AvgIpc) is 2.16. The predicted molar refractivity (Wildman–Crippen MR) is 41.8 cm³/mol. The molecule has 0 radical (unpaired) electrons. The Bertz CT molecular complexity index is 384. The van der Waals surface area contributed by atoms with Crippen LogP contribution < -0.4 is 5.73 Å². The van der Waals surface area contributed by atoms with Crippen molar-refractivity contribution < 1.29 is 13.2 Å². The molecular weight excluding hydrogens is 195 g/mol. The summed E-state index contributed by atoms with van der Waals surface area (Å²) in [5, 5.41) is 8.57. The van der Waals surface area contributed by atoms with E-state index in [1.807, 2.05) is 0 Å². The lowest BCUT2D eigenvalue weighted by atomic mass is 10.1. The summed E-state index contributed by atoms with van der Waals surface area (Å²) < 4.78 is 37.3. The minimum absolute atomic E-state index is 0.150. The molecule has 1 rings (SSSR count). The first-order chi connectivity index (χ1) is 6.60. The second kappa shape index (κ2) is 4.07. The summed E-state index contributed by atoms with van der Waals surface area (Å²) in [5.41, 5.74) is 3.98. The van der Waals surface area contributed by atoms with E-state index in [2.05, 4.69) is 4.98 Å². The van der Waals surface area contributed by atoms with Crippen molar-refractivity contribution in [3.63, 3.8) is 0 Å². The third-order valence-corrected chi connectivity index (χ3v) is 1.63. The molecule has 0 aliphatic rings. The summed E-state index contributed by atoms with van der Waals surface area (Å²) in [6, 6.07) is 2.08. The number of nitriles is 1. The third-order valence-electron chi connectivity index (χ3n) is 1.63. The van der Waals surface area contributed by atoms with Crippen LogP contribution in [-0.4, -0.2) is 4.98 Å². The van der Waals surface area contributed by atoms with Crippen molar-refractivity contribution >= 4 is 0 Å². The predicted octanol–water partition coefficient (Wildman–Crippen LogP) is 1.49. The van der Waals surface area contributed by atoms with Crippen molar-refractivity contribution in [2.24, 2.45) is 5.73 Å². The van der Waals surface area contributed by atoms with Crippen molar-refractivity contribution in [3.05, 3.63) is 28.8 Å². The van der Waals surface area contributed by atoms with E-state index in [1.165, 1.54) is 6.07 Å². The number of rotatable bonds is 2. The number of nitrogens with zero attached hydrogens (tertiary/aromatic N) is 2. The monoisotopic (exact) mass is 201 g/mol. The van der Waals surface area contributed by atoms with Crippen molar-refractivity contribution in [2.75, 3.05) is 0 Å². The molecule has 1 aromatic heterocycles. The molecule has 1 heterocycles. The SMILES string of the molecule is N#Cc1c(C(F)F)cc(F)nc1CN. The van der Waals surface area contributed by atoms with E-state index in [0.29, 0.717) is 6.07 Å². The maximum atomic E-state index is 12.7. The molecule has 0 fully saturated rings. The zero-order valence-electron chi connectivity index (χ0n) is 6.97. The van der Waals surface area contributed by atoms with Gasteiger partial charge in [-0.1, -0.05) is 0 Å². The van der Waals surface area contributed by atoms with E-state index in [0.717, 1.165) is 0 Å². The molecule has 3 nitrogen and oxygen atoms in total. The highest BCUT2D eigenvalue weighted by atomic mass is 19.3. The Morgan fingerprint density at radius 2 is 2.21 bits per heavy atom. The van der Waals surface area contributed by atoms with E-state index in [1.54, 1.807) is 0 Å². The molecule has 0 aliphatic carbocycles. The van der Waals surface area contributed by atoms with Gasteiger partial charge >= 0.3 is 0 Å². The Labute approximate surface area is 78.0 Å². The topological polar surface area (TPSA) is 62.7 Å². The first kappa shape index (κ1) is 10.5. The molecule has 0 saturated heterocycles. The number of hydrogen-bond acceptors (Lipinski definition) is 3. The highest BCUT2D eigenvalue weighted by Crippen LogP contribution is 2.24. The molecule has 6 heteroatoms. The van der Waals surface area contributed by atoms with Crippen molar-refractivity contribution in [3.8, 4) is 6.07 Å². The minimum atomic E-state index is -2.91. The Morgan fingerprint density at radius 1 is 1.57 bits per heavy atom. The van der Waals surface area contributed by atoms with Gasteiger partial charge in [-0.05, 0) is 0 Å². The number of aromatic nitrogens is 1. The van der Waals surface area contributed by atoms with E-state index < -0.39 is 17.9 Å². The number of halogens is 3. The lowest BCUT2D eigenvalue weighted by Crippen LogP contribution is -2.07. The first-order valence-electron chi connectivity index (χ1n) is 3.67. The van der Waals surface area contributed by atoms with Crippen LogP contribution in [0.4, 0.5) is 13.2 Å². The van der Waals surface area contributed by atoms with E-state index in [4.69, 9.17) is 11.0 Å². The minimum Gasteiger partial charge on any atom is -0.325 e. The molecule has 0 bridgehead atoms. The van der Waals surface area contributed by atoms with E-state index in [9.17, 15) is 13.2 Å². The van der Waals surface area contributed by atoms with Gasteiger partial charge in [0.05, 0.1) is 11.3 Å². The van der Waals surface area contributed by atoms with Crippen LogP contribution in [0.25, 0.3) is 0 Å². The summed E-state index contributed by atoms with van der Waals surface area (Å²) in [6.07, 6.45) is -2.91. The fraction of sp³-hybridized carbons (Fsp3) is 0.250. The third kappa shape index (κ3) is 1.83. The maximum Gasteiger partial charge on any atom is 0.265 e. The fourth-order valence-electron chi connectivity index (χ4n) is 1.03. The summed E-state index contributed by atoms with van der Waals surface area (Å²) in [5.74, 6) is -1.06. The standard InChI is InChI=1S/C8H6F3N3/c9-7-1-4(8(10)11)5(2-12)6(3-13)14-7/h1,8H,3,13H2. The molecule has 0 aliphatic heterocycles. The van der Waals surface area contributed by atoms with Gasteiger partial charge in [0.2, 0.25) is 5.95 Å². The van der Waals surface area contributed by atoms with Gasteiger partial charge in [0, 0.05) is 18.2 Å². The Balaban J connectivity index is 3.41. The van der Waals surface area contributed by atoms with Crippen LogP contribution in [0, 0.1) is 17.3 Å². The average molecular weight is 201 g/mol. The Hall–Kier alpha value is -1.61. The molecule has 0 saturated carbocycles. The highest BCUT2D eigenvalue weighted by molar-refractivity contribution is 5.41. The van der Waals surface area contributed by atoms with Crippen LogP contribution in [0.3, 0.4) is 0 Å². The molecule has 0 aromatic carbocycles. The quantitative estimate of drug-likeness (QED) is 0.737. The zero-order chi connectivity index (χ0) is 10.7. The fourth-order valence-corrected chi connectivity index (χ4v) is 1.03. The van der Waals surface area contributed by atoms with Gasteiger partial charge in [0.15, 0.2) is 0 Å². The number of alkyl halides is 2. The van der Waals surface area contributed by atoms with Crippen LogP contribution in [0.5, 0.6) is 0 Å². The van der Waals surface area contributed by atoms with Crippen molar-refractivity contribution in [2.45, 2.75) is 13.0 Å². The van der Waals surface area contributed by atoms with Gasteiger partial charge in [0.25, 0.3) is 6.43 Å². The highest BCUT2D eigenvalue weighted by Gasteiger charge is 2.18. The molecule has 2 N–H and O–H groups in total. The smallest absolute Gasteiger partial charge is 0.265 e. The molecule has 0 atom stereocenters. The van der Waals surface area contributed by atoms with Crippen LogP contribution in [0.2, 0.25) is 0 Å². The summed E-state index contributed by atoms with van der Waals surface area (Å²) in [6.45, 7) is -0.250. The molecule has 74 valence electrons. The normalized spacial score (nSPS) is 10.3. The van der Waals surface area contributed by atoms with Gasteiger partial charge < -0.3 is 5.73 Å². The largest absolute Gasteiger partial charge is 0.325 e. The number of hydrogen-bond donors (Lipinski definition) is 1. The number of pyridine rings is 1. The summed E-state index contributed by atoms with van der Waals surface area (Å²) >= 11 is 0. The Kier molecular flexibility index (Phi) is 3.04. The maximum absolute atomic E-state index is 12.7. The van der Waals surface area contributed by atoms with Gasteiger partial charge in [-0.3, -0.25) is 0 Å². The van der Waals surface area contributed by atoms with Gasteiger partial charge in [-0.15, -0.1) is 0 Å². The van der Waals surface area contributed by atoms with Crippen LogP contribution in [-0.2, 0) is 6.54 Å².